The van der Waals surface area contributed by atoms with E-state index in [-0.39, 0.29) is 11.3 Å². The highest BCUT2D eigenvalue weighted by molar-refractivity contribution is 7.18. The topological polar surface area (TPSA) is 87.7 Å². The van der Waals surface area contributed by atoms with E-state index >= 15 is 0 Å². The predicted octanol–water partition coefficient (Wildman–Crippen LogP) is 4.73. The normalized spacial score (nSPS) is 14.9. The first-order chi connectivity index (χ1) is 15.0. The van der Waals surface area contributed by atoms with Crippen LogP contribution in [0.25, 0.3) is 15.9 Å². The molecule has 0 radical (unpaired) electrons. The summed E-state index contributed by atoms with van der Waals surface area (Å²) in [5.41, 5.74) is 1.15. The molecular weight excluding hydrogens is 410 g/mol. The van der Waals surface area contributed by atoms with Gasteiger partial charge >= 0.3 is 0 Å². The van der Waals surface area contributed by atoms with Crippen LogP contribution in [0.1, 0.15) is 50.3 Å². The summed E-state index contributed by atoms with van der Waals surface area (Å²) in [5.74, 6) is 1.22. The molecule has 166 valence electrons. The van der Waals surface area contributed by atoms with Gasteiger partial charge in [-0.3, -0.25) is 9.36 Å². The fraction of sp³-hybridized carbons (Fsp3) is 0.458. The van der Waals surface area contributed by atoms with E-state index in [1.807, 2.05) is 19.3 Å². The molecule has 1 atom stereocenters. The summed E-state index contributed by atoms with van der Waals surface area (Å²) in [4.78, 5) is 21.7. The van der Waals surface area contributed by atoms with Crippen molar-refractivity contribution in [2.45, 2.75) is 58.0 Å². The lowest BCUT2D eigenvalue weighted by Crippen LogP contribution is -2.17. The smallest absolute Gasteiger partial charge is 0.275 e. The van der Waals surface area contributed by atoms with E-state index in [2.05, 4.69) is 9.98 Å². The Morgan fingerprint density at radius 1 is 1.32 bits per heavy atom. The number of aromatic nitrogens is 2. The minimum atomic E-state index is -0.447. The van der Waals surface area contributed by atoms with E-state index in [1.165, 1.54) is 72.9 Å². The Morgan fingerprint density at radius 2 is 2.06 bits per heavy atom. The van der Waals surface area contributed by atoms with E-state index in [9.17, 15) is 15.0 Å². The molecule has 0 aliphatic heterocycles. The molecule has 0 saturated heterocycles. The molecule has 1 unspecified atom stereocenters. The number of phenolic OH excluding ortho intramolecular Hbond substituents is 1. The van der Waals surface area contributed by atoms with Gasteiger partial charge in [-0.25, -0.2) is 4.98 Å². The van der Waals surface area contributed by atoms with Crippen LogP contribution in [0.4, 0.5) is 0 Å². The van der Waals surface area contributed by atoms with Crippen molar-refractivity contribution in [2.75, 3.05) is 7.05 Å². The number of hydrogen-bond acceptors (Lipinski definition) is 6. The average molecular weight is 442 g/mol. The molecule has 0 amide bonds. The van der Waals surface area contributed by atoms with Crippen molar-refractivity contribution < 1.29 is 10.2 Å². The molecule has 1 saturated carbocycles. The van der Waals surface area contributed by atoms with E-state index in [4.69, 9.17) is 0 Å². The second-order valence-electron chi connectivity index (χ2n) is 8.08. The highest BCUT2D eigenvalue weighted by Gasteiger charge is 2.15. The molecule has 1 aliphatic rings. The number of thiophene rings is 1. The number of hydrogen-bond donors (Lipinski definition) is 2. The second-order valence-corrected chi connectivity index (χ2v) is 9.22. The third-order valence-corrected chi connectivity index (χ3v) is 6.60. The molecule has 1 aromatic carbocycles. The SMILES string of the molecule is CC(O)Cc1cc2ncn(-c3ccc(O)cc3)c(=O)c2s1.CN=CCCCC1CCC1. The van der Waals surface area contributed by atoms with Crippen molar-refractivity contribution in [3.8, 4) is 11.4 Å². The van der Waals surface area contributed by atoms with E-state index < -0.39 is 6.10 Å². The summed E-state index contributed by atoms with van der Waals surface area (Å²) in [5, 5.41) is 18.7. The number of aliphatic hydroxyl groups excluding tert-OH is 1. The number of fused-ring (bicyclic) bond motifs is 1. The lowest BCUT2D eigenvalue weighted by atomic mass is 9.82. The zero-order chi connectivity index (χ0) is 22.2. The van der Waals surface area contributed by atoms with Crippen LogP contribution in [0.3, 0.4) is 0 Å². The van der Waals surface area contributed by atoms with Gasteiger partial charge in [0.05, 0.1) is 17.3 Å². The van der Waals surface area contributed by atoms with E-state index in [0.717, 1.165) is 10.8 Å². The van der Waals surface area contributed by atoms with Gasteiger partial charge in [0.1, 0.15) is 16.8 Å². The van der Waals surface area contributed by atoms with Crippen LogP contribution in [0, 0.1) is 5.92 Å². The molecule has 0 spiro atoms. The summed E-state index contributed by atoms with van der Waals surface area (Å²) in [6, 6.07) is 8.22. The number of nitrogens with zero attached hydrogens (tertiary/aromatic N) is 3. The summed E-state index contributed by atoms with van der Waals surface area (Å²) >= 11 is 1.36. The lowest BCUT2D eigenvalue weighted by Gasteiger charge is -2.24. The Labute approximate surface area is 186 Å². The van der Waals surface area contributed by atoms with E-state index in [1.54, 1.807) is 19.1 Å². The van der Waals surface area contributed by atoms with Gasteiger partial charge in [0.15, 0.2) is 0 Å². The van der Waals surface area contributed by atoms with Crippen LogP contribution in [0.15, 0.2) is 46.4 Å². The monoisotopic (exact) mass is 441 g/mol. The van der Waals surface area contributed by atoms with Crippen molar-refractivity contribution in [3.05, 3.63) is 51.9 Å². The van der Waals surface area contributed by atoms with E-state index in [0.29, 0.717) is 22.3 Å². The Kier molecular flexibility index (Phi) is 8.37. The molecule has 6 nitrogen and oxygen atoms in total. The molecule has 31 heavy (non-hydrogen) atoms. The summed E-state index contributed by atoms with van der Waals surface area (Å²) in [6.07, 6.45) is 12.0. The van der Waals surface area contributed by atoms with Crippen molar-refractivity contribution in [3.63, 3.8) is 0 Å². The number of phenols is 1. The zero-order valence-electron chi connectivity index (χ0n) is 18.2. The maximum absolute atomic E-state index is 12.5. The highest BCUT2D eigenvalue weighted by Crippen LogP contribution is 2.30. The minimum Gasteiger partial charge on any atom is -0.508 e. The number of aliphatic imine (C=N–C) groups is 1. The maximum Gasteiger partial charge on any atom is 0.275 e. The van der Waals surface area contributed by atoms with Crippen molar-refractivity contribution >= 4 is 27.8 Å². The predicted molar refractivity (Wildman–Crippen MR) is 128 cm³/mol. The summed E-state index contributed by atoms with van der Waals surface area (Å²) in [6.45, 7) is 1.71. The van der Waals surface area contributed by atoms with Gasteiger partial charge in [0.2, 0.25) is 0 Å². The number of rotatable bonds is 7. The number of unbranched alkanes of at least 4 members (excludes halogenated alkanes) is 1. The molecule has 3 aromatic rings. The molecule has 2 aromatic heterocycles. The number of aromatic hydroxyl groups is 1. The maximum atomic E-state index is 12.5. The van der Waals surface area contributed by atoms with Gasteiger partial charge in [-0.05, 0) is 62.2 Å². The van der Waals surface area contributed by atoms with Gasteiger partial charge in [-0.1, -0.05) is 25.7 Å². The molecule has 1 aliphatic carbocycles. The van der Waals surface area contributed by atoms with Gasteiger partial charge in [-0.15, -0.1) is 11.3 Å². The van der Waals surface area contributed by atoms with Crippen LogP contribution in [-0.4, -0.2) is 39.1 Å². The molecule has 2 N–H and O–H groups in total. The Hall–Kier alpha value is -2.51. The summed E-state index contributed by atoms with van der Waals surface area (Å²) < 4.78 is 2.02. The molecule has 2 heterocycles. The van der Waals surface area contributed by atoms with Gasteiger partial charge in [0, 0.05) is 18.3 Å². The first-order valence-electron chi connectivity index (χ1n) is 10.9. The number of benzene rings is 1. The van der Waals surface area contributed by atoms with Crippen LogP contribution < -0.4 is 5.56 Å². The third kappa shape index (κ3) is 6.48. The first-order valence-corrected chi connectivity index (χ1v) is 11.7. The molecule has 0 bridgehead atoms. The lowest BCUT2D eigenvalue weighted by molar-refractivity contribution is 0.196. The molecule has 7 heteroatoms. The Balaban J connectivity index is 0.000000229. The Morgan fingerprint density at radius 3 is 2.68 bits per heavy atom. The van der Waals surface area contributed by atoms with Crippen LogP contribution in [0.2, 0.25) is 0 Å². The van der Waals surface area contributed by atoms with Crippen LogP contribution >= 0.6 is 11.3 Å². The zero-order valence-corrected chi connectivity index (χ0v) is 19.0. The Bertz CT molecular complexity index is 1050. The average Bonchev–Trinajstić information content (AvgIpc) is 3.11. The largest absolute Gasteiger partial charge is 0.508 e. The van der Waals surface area contributed by atoms with Crippen LogP contribution in [-0.2, 0) is 6.42 Å². The standard InChI is InChI=1S/C15H14N2O3S.C9H17N/c1-9(18)6-12-7-13-14(21-12)15(20)17(8-16-13)10-2-4-11(19)5-3-10;1-10-8-3-2-5-9-6-4-7-9/h2-5,7-9,18-19H,6H2,1H3;8-9H,2-7H2,1H3. The summed E-state index contributed by atoms with van der Waals surface area (Å²) in [7, 11) is 1.85. The molecular formula is C24H31N3O3S. The molecule has 4 rings (SSSR count). The fourth-order valence-electron chi connectivity index (χ4n) is 3.56. The van der Waals surface area contributed by atoms with Crippen molar-refractivity contribution in [2.24, 2.45) is 10.9 Å². The van der Waals surface area contributed by atoms with Crippen molar-refractivity contribution in [1.29, 1.82) is 0 Å². The van der Waals surface area contributed by atoms with Gasteiger partial charge in [0.25, 0.3) is 5.56 Å². The fourth-order valence-corrected chi connectivity index (χ4v) is 4.72. The van der Waals surface area contributed by atoms with Gasteiger partial charge in [-0.2, -0.15) is 0 Å². The van der Waals surface area contributed by atoms with Crippen molar-refractivity contribution in [1.82, 2.24) is 9.55 Å². The quantitative estimate of drug-likeness (QED) is 0.410. The first kappa shape index (κ1) is 23.2. The van der Waals surface area contributed by atoms with Crippen LogP contribution in [0.5, 0.6) is 5.75 Å². The van der Waals surface area contributed by atoms with Gasteiger partial charge < -0.3 is 15.2 Å². The highest BCUT2D eigenvalue weighted by atomic mass is 32.1. The minimum absolute atomic E-state index is 0.146. The second kappa shape index (κ2) is 11.2. The number of aliphatic hydroxyl groups is 1. The third-order valence-electron chi connectivity index (χ3n) is 5.47. The molecule has 1 fully saturated rings.